The summed E-state index contributed by atoms with van der Waals surface area (Å²) < 4.78 is 77.4. The van der Waals surface area contributed by atoms with Crippen LogP contribution in [0.4, 0.5) is 13.2 Å². The molecule has 0 aliphatic heterocycles. The van der Waals surface area contributed by atoms with Gasteiger partial charge in [0.25, 0.3) is 5.95 Å². The molecule has 0 aliphatic rings. The summed E-state index contributed by atoms with van der Waals surface area (Å²) in [5.41, 5.74) is -4.42. The largest absolute Gasteiger partial charge is 0.534 e. The average molecular weight is 607 g/mol. The van der Waals surface area contributed by atoms with E-state index in [9.17, 15) is 21.6 Å². The minimum absolute atomic E-state index is 0.0741. The summed E-state index contributed by atoms with van der Waals surface area (Å²) in [6, 6.07) is 16.8. The molecule has 11 heteroatoms. The predicted octanol–water partition coefficient (Wildman–Crippen LogP) is 8.99. The first-order valence-electron chi connectivity index (χ1n) is 12.8. The Morgan fingerprint density at radius 1 is 0.825 bits per heavy atom. The molecule has 0 aromatic heterocycles. The maximum Gasteiger partial charge on any atom is 0.534 e. The van der Waals surface area contributed by atoms with Crippen molar-refractivity contribution in [2.45, 2.75) is 97.8 Å². The average Bonchev–Trinajstić information content (AvgIpc) is 2.77. The zero-order valence-corrected chi connectivity index (χ0v) is 27.2. The third-order valence-corrected chi connectivity index (χ3v) is 5.87. The van der Waals surface area contributed by atoms with E-state index >= 15 is 0 Å². The fourth-order valence-corrected chi connectivity index (χ4v) is 3.94. The summed E-state index contributed by atoms with van der Waals surface area (Å²) in [4.78, 5) is 0. The molecule has 0 unspecified atom stereocenters. The molecule has 2 rings (SSSR count). The highest BCUT2D eigenvalue weighted by Gasteiger charge is 2.48. The van der Waals surface area contributed by atoms with Gasteiger partial charge in [0.05, 0.1) is 11.7 Å². The quantitative estimate of drug-likeness (QED) is 0.136. The van der Waals surface area contributed by atoms with E-state index in [1.54, 1.807) is 0 Å². The summed E-state index contributed by atoms with van der Waals surface area (Å²) in [6.45, 7) is 22.7. The second kappa shape index (κ2) is 15.5. The second-order valence-electron chi connectivity index (χ2n) is 11.6. The highest BCUT2D eigenvalue weighted by Crippen LogP contribution is 2.26. The van der Waals surface area contributed by atoms with Gasteiger partial charge in [0.2, 0.25) is 8.32 Å². The maximum absolute atomic E-state index is 11.8. The summed E-state index contributed by atoms with van der Waals surface area (Å²) in [7, 11) is -7.09. The number of halogens is 3. The molecule has 0 spiro atoms. The van der Waals surface area contributed by atoms with Crippen molar-refractivity contribution < 1.29 is 39.7 Å². The standard InChI is InChI=1S/C12H18O.C10H22O2Si.C7H5F3O3S/c1-10(13-12(2,3)4)11-8-6-5-7-9-11;1-8-9(11-10(2,3)4)12-13(5,6)7;8-7(9,10)14(11,12)13-6-4-2-1-3-5-6/h5-10H,1-4H3;8H,1-7H3;1-5H/b;9-8+;/t10-;;/m0../s1. The van der Waals surface area contributed by atoms with Crippen LogP contribution in [0, 0.1) is 0 Å². The number of ether oxygens (including phenoxy) is 2. The fraction of sp³-hybridized carbons (Fsp3) is 0.517. The number of benzene rings is 2. The van der Waals surface area contributed by atoms with Gasteiger partial charge in [0.15, 0.2) is 0 Å². The Labute approximate surface area is 239 Å². The minimum Gasteiger partial charge on any atom is -0.520 e. The van der Waals surface area contributed by atoms with Crippen LogP contribution in [0.15, 0.2) is 72.7 Å². The van der Waals surface area contributed by atoms with Crippen LogP contribution in [0.25, 0.3) is 0 Å². The zero-order chi connectivity index (χ0) is 31.4. The van der Waals surface area contributed by atoms with E-state index in [0.717, 1.165) is 12.1 Å². The van der Waals surface area contributed by atoms with Crippen LogP contribution in [0.5, 0.6) is 5.75 Å². The second-order valence-corrected chi connectivity index (χ2v) is 17.6. The van der Waals surface area contributed by atoms with Crippen molar-refractivity contribution in [3.63, 3.8) is 0 Å². The molecule has 40 heavy (non-hydrogen) atoms. The maximum atomic E-state index is 11.8. The molecule has 0 radical (unpaired) electrons. The third kappa shape index (κ3) is 18.0. The molecule has 0 bridgehead atoms. The normalized spacial score (nSPS) is 13.6. The third-order valence-electron chi connectivity index (χ3n) is 4.08. The lowest BCUT2D eigenvalue weighted by molar-refractivity contribution is -0.0530. The summed E-state index contributed by atoms with van der Waals surface area (Å²) in [5.74, 6) is 0.288. The molecule has 0 heterocycles. The van der Waals surface area contributed by atoms with Gasteiger partial charge in [-0.1, -0.05) is 48.5 Å². The highest BCUT2D eigenvalue weighted by molar-refractivity contribution is 7.88. The van der Waals surface area contributed by atoms with Crippen LogP contribution in [-0.4, -0.2) is 33.4 Å². The molecule has 0 aliphatic carbocycles. The van der Waals surface area contributed by atoms with Crippen molar-refractivity contribution in [2.24, 2.45) is 0 Å². The molecule has 6 nitrogen and oxygen atoms in total. The van der Waals surface area contributed by atoms with Gasteiger partial charge in [0.1, 0.15) is 11.4 Å². The predicted molar refractivity (Wildman–Crippen MR) is 157 cm³/mol. The van der Waals surface area contributed by atoms with Gasteiger partial charge in [-0.15, -0.1) is 0 Å². The number of alkyl halides is 3. The van der Waals surface area contributed by atoms with Crippen molar-refractivity contribution in [1.82, 2.24) is 0 Å². The lowest BCUT2D eigenvalue weighted by Gasteiger charge is -2.27. The van der Waals surface area contributed by atoms with E-state index in [1.807, 2.05) is 52.0 Å². The van der Waals surface area contributed by atoms with Crippen LogP contribution in [-0.2, 0) is 24.0 Å². The van der Waals surface area contributed by atoms with Gasteiger partial charge in [0, 0.05) is 0 Å². The van der Waals surface area contributed by atoms with Gasteiger partial charge in [-0.05, 0) is 98.8 Å². The Hall–Kier alpha value is -2.50. The Balaban J connectivity index is 0.000000571. The van der Waals surface area contributed by atoms with Crippen LogP contribution < -0.4 is 4.18 Å². The molecule has 0 saturated carbocycles. The molecule has 228 valence electrons. The Bertz CT molecular complexity index is 1100. The van der Waals surface area contributed by atoms with E-state index in [2.05, 4.69) is 63.7 Å². The van der Waals surface area contributed by atoms with Gasteiger partial charge < -0.3 is 18.1 Å². The Morgan fingerprint density at radius 2 is 1.27 bits per heavy atom. The first-order chi connectivity index (χ1) is 18.0. The van der Waals surface area contributed by atoms with Crippen molar-refractivity contribution >= 4 is 18.4 Å². The van der Waals surface area contributed by atoms with Crippen molar-refractivity contribution in [3.8, 4) is 5.75 Å². The summed E-state index contributed by atoms with van der Waals surface area (Å²) in [6.07, 6.45) is 2.05. The molecule has 0 amide bonds. The number of para-hydroxylation sites is 1. The summed E-state index contributed by atoms with van der Waals surface area (Å²) >= 11 is 0. The van der Waals surface area contributed by atoms with Gasteiger partial charge >= 0.3 is 15.6 Å². The topological polar surface area (TPSA) is 71.1 Å². The number of allylic oxidation sites excluding steroid dienone is 1. The SMILES string of the molecule is C/C=C(\OC(C)(C)C)O[Si](C)(C)C.C[C@H](OC(C)(C)C)c1ccccc1.O=S(=O)(Oc1ccccc1)C(F)(F)F. The minimum atomic E-state index is -5.55. The van der Waals surface area contributed by atoms with Gasteiger partial charge in [-0.3, -0.25) is 0 Å². The van der Waals surface area contributed by atoms with Crippen molar-refractivity contribution in [3.05, 3.63) is 78.2 Å². The van der Waals surface area contributed by atoms with Crippen LogP contribution in [0.2, 0.25) is 19.6 Å². The number of hydrogen-bond donors (Lipinski definition) is 0. The summed E-state index contributed by atoms with van der Waals surface area (Å²) in [5, 5.41) is 0. The monoisotopic (exact) mass is 606 g/mol. The van der Waals surface area contributed by atoms with E-state index in [4.69, 9.17) is 13.9 Å². The molecular formula is C29H45F3O6SSi. The smallest absolute Gasteiger partial charge is 0.520 e. The molecular weight excluding hydrogens is 561 g/mol. The zero-order valence-electron chi connectivity index (χ0n) is 25.4. The number of rotatable bonds is 7. The van der Waals surface area contributed by atoms with E-state index in [1.165, 1.54) is 23.8 Å². The molecule has 0 saturated heterocycles. The van der Waals surface area contributed by atoms with Crippen LogP contribution in [0.3, 0.4) is 0 Å². The van der Waals surface area contributed by atoms with Crippen LogP contribution >= 0.6 is 0 Å². The molecule has 0 fully saturated rings. The molecule has 0 N–H and O–H groups in total. The Morgan fingerprint density at radius 3 is 1.62 bits per heavy atom. The van der Waals surface area contributed by atoms with E-state index < -0.39 is 23.9 Å². The molecule has 1 atom stereocenters. The van der Waals surface area contributed by atoms with E-state index in [0.29, 0.717) is 5.95 Å². The molecule has 2 aromatic carbocycles. The lowest BCUT2D eigenvalue weighted by Crippen LogP contribution is -2.29. The van der Waals surface area contributed by atoms with Crippen molar-refractivity contribution in [1.29, 1.82) is 0 Å². The van der Waals surface area contributed by atoms with Crippen LogP contribution in [0.1, 0.15) is 67.1 Å². The molecule has 2 aromatic rings. The first kappa shape index (κ1) is 37.5. The Kier molecular flexibility index (Phi) is 14.5. The lowest BCUT2D eigenvalue weighted by atomic mass is 10.1. The highest BCUT2D eigenvalue weighted by atomic mass is 32.2. The number of hydrogen-bond acceptors (Lipinski definition) is 6. The first-order valence-corrected chi connectivity index (χ1v) is 17.6. The fourth-order valence-electron chi connectivity index (χ4n) is 2.71. The van der Waals surface area contributed by atoms with E-state index in [-0.39, 0.29) is 23.1 Å². The van der Waals surface area contributed by atoms with Crippen molar-refractivity contribution in [2.75, 3.05) is 0 Å². The van der Waals surface area contributed by atoms with Gasteiger partial charge in [-0.2, -0.15) is 21.6 Å². The van der Waals surface area contributed by atoms with Gasteiger partial charge in [-0.25, -0.2) is 0 Å².